The Bertz CT molecular complexity index is 162. The Kier molecular flexibility index (Phi) is 3.96. The van der Waals surface area contributed by atoms with Gasteiger partial charge in [-0.1, -0.05) is 20.8 Å². The lowest BCUT2D eigenvalue weighted by atomic mass is 9.92. The van der Waals surface area contributed by atoms with Gasteiger partial charge in [0.2, 0.25) is 0 Å². The summed E-state index contributed by atoms with van der Waals surface area (Å²) in [5.41, 5.74) is 0.470. The minimum absolute atomic E-state index is 0.470. The Morgan fingerprint density at radius 1 is 1.14 bits per heavy atom. The van der Waals surface area contributed by atoms with Crippen LogP contribution in [0.4, 0.5) is 0 Å². The van der Waals surface area contributed by atoms with Gasteiger partial charge in [-0.2, -0.15) is 0 Å². The molecule has 0 saturated carbocycles. The summed E-state index contributed by atoms with van der Waals surface area (Å²) in [4.78, 5) is 2.59. The van der Waals surface area contributed by atoms with Crippen LogP contribution in [0.2, 0.25) is 0 Å². The summed E-state index contributed by atoms with van der Waals surface area (Å²) in [6, 6.07) is 1.30. The average Bonchev–Trinajstić information content (AvgIpc) is 1.97. The second-order valence-electron chi connectivity index (χ2n) is 6.04. The van der Waals surface area contributed by atoms with Crippen molar-refractivity contribution in [3.63, 3.8) is 0 Å². The van der Waals surface area contributed by atoms with Crippen molar-refractivity contribution in [2.75, 3.05) is 19.6 Å². The van der Waals surface area contributed by atoms with Crippen molar-refractivity contribution in [3.8, 4) is 0 Å². The molecule has 2 unspecified atom stereocenters. The summed E-state index contributed by atoms with van der Waals surface area (Å²) in [5.74, 6) is 0. The summed E-state index contributed by atoms with van der Waals surface area (Å²) in [6.45, 7) is 15.2. The van der Waals surface area contributed by atoms with Crippen LogP contribution in [0.15, 0.2) is 0 Å². The molecule has 0 radical (unpaired) electrons. The van der Waals surface area contributed by atoms with Gasteiger partial charge in [0.1, 0.15) is 0 Å². The molecular formula is C12H26N2. The van der Waals surface area contributed by atoms with Crippen molar-refractivity contribution < 1.29 is 0 Å². The molecule has 2 nitrogen and oxygen atoms in total. The lowest BCUT2D eigenvalue weighted by molar-refractivity contribution is 0.154. The molecule has 0 bridgehead atoms. The van der Waals surface area contributed by atoms with Crippen LogP contribution in [0.1, 0.15) is 41.0 Å². The number of nitrogens with zero attached hydrogens (tertiary/aromatic N) is 1. The molecule has 1 aliphatic heterocycles. The Balaban J connectivity index is 2.30. The molecular weight excluding hydrogens is 172 g/mol. The fraction of sp³-hybridized carbons (Fsp3) is 1.00. The van der Waals surface area contributed by atoms with Crippen LogP contribution in [0.25, 0.3) is 0 Å². The van der Waals surface area contributed by atoms with E-state index in [-0.39, 0.29) is 0 Å². The van der Waals surface area contributed by atoms with Crippen molar-refractivity contribution in [1.29, 1.82) is 0 Å². The second kappa shape index (κ2) is 4.63. The quantitative estimate of drug-likeness (QED) is 0.731. The number of piperazine rings is 1. The van der Waals surface area contributed by atoms with Gasteiger partial charge < -0.3 is 10.2 Å². The first kappa shape index (κ1) is 12.0. The van der Waals surface area contributed by atoms with Crippen LogP contribution in [-0.2, 0) is 0 Å². The lowest BCUT2D eigenvalue weighted by Gasteiger charge is -2.37. The van der Waals surface area contributed by atoms with E-state index >= 15 is 0 Å². The molecule has 0 aliphatic carbocycles. The summed E-state index contributed by atoms with van der Waals surface area (Å²) in [5, 5.41) is 3.56. The van der Waals surface area contributed by atoms with E-state index in [0.29, 0.717) is 17.5 Å². The van der Waals surface area contributed by atoms with Gasteiger partial charge in [0.15, 0.2) is 0 Å². The predicted octanol–water partition coefficient (Wildman–Crippen LogP) is 2.10. The van der Waals surface area contributed by atoms with E-state index in [4.69, 9.17) is 0 Å². The molecule has 0 aromatic rings. The van der Waals surface area contributed by atoms with Gasteiger partial charge in [-0.3, -0.25) is 0 Å². The molecule has 14 heavy (non-hydrogen) atoms. The topological polar surface area (TPSA) is 15.3 Å². The molecule has 84 valence electrons. The third-order valence-corrected chi connectivity index (χ3v) is 2.81. The normalized spacial score (nSPS) is 30.6. The number of hydrogen-bond donors (Lipinski definition) is 1. The third kappa shape index (κ3) is 4.43. The minimum Gasteiger partial charge on any atom is -0.309 e. The summed E-state index contributed by atoms with van der Waals surface area (Å²) in [6.07, 6.45) is 1.30. The Morgan fingerprint density at radius 3 is 2.07 bits per heavy atom. The van der Waals surface area contributed by atoms with Gasteiger partial charge in [-0.05, 0) is 32.2 Å². The van der Waals surface area contributed by atoms with Crippen LogP contribution in [0.3, 0.4) is 0 Å². The smallest absolute Gasteiger partial charge is 0.0169 e. The van der Waals surface area contributed by atoms with Crippen molar-refractivity contribution in [2.45, 2.75) is 53.1 Å². The van der Waals surface area contributed by atoms with Gasteiger partial charge >= 0.3 is 0 Å². The fourth-order valence-electron chi connectivity index (χ4n) is 2.12. The first-order chi connectivity index (χ1) is 6.37. The van der Waals surface area contributed by atoms with E-state index in [1.54, 1.807) is 0 Å². The SMILES string of the molecule is CC1CN(CCC(C)(C)C)CC(C)N1. The number of rotatable bonds is 2. The van der Waals surface area contributed by atoms with Crippen molar-refractivity contribution in [1.82, 2.24) is 10.2 Å². The largest absolute Gasteiger partial charge is 0.309 e. The molecule has 0 aromatic heterocycles. The van der Waals surface area contributed by atoms with E-state index in [2.05, 4.69) is 44.8 Å². The molecule has 0 aromatic carbocycles. The molecule has 1 heterocycles. The van der Waals surface area contributed by atoms with Gasteiger partial charge in [0.05, 0.1) is 0 Å². The van der Waals surface area contributed by atoms with Crippen molar-refractivity contribution >= 4 is 0 Å². The predicted molar refractivity (Wildman–Crippen MR) is 62.6 cm³/mol. The average molecular weight is 198 g/mol. The van der Waals surface area contributed by atoms with E-state index in [0.717, 1.165) is 0 Å². The van der Waals surface area contributed by atoms with Crippen LogP contribution in [0.5, 0.6) is 0 Å². The molecule has 0 amide bonds. The maximum atomic E-state index is 3.56. The zero-order chi connectivity index (χ0) is 10.8. The molecule has 1 saturated heterocycles. The van der Waals surface area contributed by atoms with E-state index in [1.165, 1.54) is 26.1 Å². The molecule has 0 spiro atoms. The van der Waals surface area contributed by atoms with Gasteiger partial charge in [-0.25, -0.2) is 0 Å². The zero-order valence-electron chi connectivity index (χ0n) is 10.4. The van der Waals surface area contributed by atoms with Crippen molar-refractivity contribution in [2.24, 2.45) is 5.41 Å². The zero-order valence-corrected chi connectivity index (χ0v) is 10.4. The van der Waals surface area contributed by atoms with Gasteiger partial charge in [0.25, 0.3) is 0 Å². The van der Waals surface area contributed by atoms with Gasteiger partial charge in [0, 0.05) is 25.2 Å². The third-order valence-electron chi connectivity index (χ3n) is 2.81. The standard InChI is InChI=1S/C12H26N2/c1-10-8-14(9-11(2)13-10)7-6-12(3,4)5/h10-11,13H,6-9H2,1-5H3. The highest BCUT2D eigenvalue weighted by atomic mass is 15.2. The second-order valence-corrected chi connectivity index (χ2v) is 6.04. The van der Waals surface area contributed by atoms with Crippen LogP contribution < -0.4 is 5.32 Å². The highest BCUT2D eigenvalue weighted by Crippen LogP contribution is 2.19. The van der Waals surface area contributed by atoms with Crippen molar-refractivity contribution in [3.05, 3.63) is 0 Å². The van der Waals surface area contributed by atoms with E-state index in [9.17, 15) is 0 Å². The number of hydrogen-bond acceptors (Lipinski definition) is 2. The maximum absolute atomic E-state index is 3.56. The fourth-order valence-corrected chi connectivity index (χ4v) is 2.12. The minimum atomic E-state index is 0.470. The molecule has 2 atom stereocenters. The first-order valence-electron chi connectivity index (χ1n) is 5.85. The molecule has 1 N–H and O–H groups in total. The maximum Gasteiger partial charge on any atom is 0.0169 e. The summed E-state index contributed by atoms with van der Waals surface area (Å²) in [7, 11) is 0. The molecule has 2 heteroatoms. The Hall–Kier alpha value is -0.0800. The summed E-state index contributed by atoms with van der Waals surface area (Å²) >= 11 is 0. The summed E-state index contributed by atoms with van der Waals surface area (Å²) < 4.78 is 0. The molecule has 1 rings (SSSR count). The van der Waals surface area contributed by atoms with Crippen LogP contribution >= 0.6 is 0 Å². The van der Waals surface area contributed by atoms with Gasteiger partial charge in [-0.15, -0.1) is 0 Å². The molecule has 1 aliphatic rings. The highest BCUT2D eigenvalue weighted by molar-refractivity contribution is 4.81. The van der Waals surface area contributed by atoms with Crippen LogP contribution in [0, 0.1) is 5.41 Å². The van der Waals surface area contributed by atoms with E-state index < -0.39 is 0 Å². The van der Waals surface area contributed by atoms with Crippen LogP contribution in [-0.4, -0.2) is 36.6 Å². The monoisotopic (exact) mass is 198 g/mol. The highest BCUT2D eigenvalue weighted by Gasteiger charge is 2.21. The lowest BCUT2D eigenvalue weighted by Crippen LogP contribution is -2.54. The molecule has 1 fully saturated rings. The first-order valence-corrected chi connectivity index (χ1v) is 5.85. The van der Waals surface area contributed by atoms with E-state index in [1.807, 2.05) is 0 Å². The number of nitrogens with one attached hydrogen (secondary N) is 1. The Labute approximate surface area is 89.1 Å². The Morgan fingerprint density at radius 2 is 1.64 bits per heavy atom.